The van der Waals surface area contributed by atoms with Crippen molar-refractivity contribution in [2.45, 2.75) is 43.9 Å². The van der Waals surface area contributed by atoms with Crippen molar-refractivity contribution in [2.75, 3.05) is 27.8 Å². The van der Waals surface area contributed by atoms with Gasteiger partial charge in [0.15, 0.2) is 0 Å². The highest BCUT2D eigenvalue weighted by Crippen LogP contribution is 2.34. The van der Waals surface area contributed by atoms with E-state index in [9.17, 15) is 0 Å². The molecule has 0 atom stereocenters. The first-order chi connectivity index (χ1) is 10.1. The molecule has 1 aliphatic carbocycles. The molecule has 2 rings (SSSR count). The van der Waals surface area contributed by atoms with Crippen LogP contribution in [0.5, 0.6) is 5.75 Å². The van der Waals surface area contributed by atoms with Crippen LogP contribution >= 0.6 is 0 Å². The summed E-state index contributed by atoms with van der Waals surface area (Å²) < 4.78 is 10.7. The van der Waals surface area contributed by atoms with E-state index in [2.05, 4.69) is 24.1 Å². The monoisotopic (exact) mass is 292 g/mol. The molecular weight excluding hydrogens is 264 g/mol. The van der Waals surface area contributed by atoms with E-state index in [1.807, 2.05) is 12.1 Å². The SMILES string of the molecule is COc1ccc(CN(C)C2(CN)CCC(OC)CC2)cc1. The minimum atomic E-state index is 0.106. The molecule has 1 aliphatic rings. The summed E-state index contributed by atoms with van der Waals surface area (Å²) >= 11 is 0. The van der Waals surface area contributed by atoms with Gasteiger partial charge in [0.2, 0.25) is 0 Å². The van der Waals surface area contributed by atoms with Gasteiger partial charge in [-0.15, -0.1) is 0 Å². The molecule has 0 saturated heterocycles. The molecule has 0 amide bonds. The lowest BCUT2D eigenvalue weighted by atomic mass is 9.79. The Morgan fingerprint density at radius 1 is 1.19 bits per heavy atom. The summed E-state index contributed by atoms with van der Waals surface area (Å²) in [6.45, 7) is 1.62. The zero-order valence-corrected chi connectivity index (χ0v) is 13.5. The van der Waals surface area contributed by atoms with Crippen LogP contribution in [0.3, 0.4) is 0 Å². The van der Waals surface area contributed by atoms with E-state index < -0.39 is 0 Å². The average molecular weight is 292 g/mol. The molecule has 4 heteroatoms. The van der Waals surface area contributed by atoms with E-state index in [-0.39, 0.29) is 5.54 Å². The highest BCUT2D eigenvalue weighted by Gasteiger charge is 2.37. The first-order valence-corrected chi connectivity index (χ1v) is 7.70. The van der Waals surface area contributed by atoms with E-state index >= 15 is 0 Å². The van der Waals surface area contributed by atoms with E-state index in [0.717, 1.165) is 38.0 Å². The molecule has 1 aromatic carbocycles. The van der Waals surface area contributed by atoms with Gasteiger partial charge in [-0.2, -0.15) is 0 Å². The Balaban J connectivity index is 2.01. The molecule has 4 nitrogen and oxygen atoms in total. The summed E-state index contributed by atoms with van der Waals surface area (Å²) in [4.78, 5) is 2.42. The van der Waals surface area contributed by atoms with Gasteiger partial charge in [-0.25, -0.2) is 0 Å². The van der Waals surface area contributed by atoms with Crippen molar-refractivity contribution in [3.8, 4) is 5.75 Å². The van der Waals surface area contributed by atoms with Crippen LogP contribution in [0, 0.1) is 0 Å². The summed E-state index contributed by atoms with van der Waals surface area (Å²) in [6.07, 6.45) is 4.81. The normalized spacial score (nSPS) is 26.0. The van der Waals surface area contributed by atoms with Crippen molar-refractivity contribution < 1.29 is 9.47 Å². The summed E-state index contributed by atoms with van der Waals surface area (Å²) in [6, 6.07) is 8.28. The van der Waals surface area contributed by atoms with E-state index in [1.165, 1.54) is 5.56 Å². The fraction of sp³-hybridized carbons (Fsp3) is 0.647. The molecule has 0 spiro atoms. The van der Waals surface area contributed by atoms with Gasteiger partial charge in [-0.1, -0.05) is 12.1 Å². The predicted molar refractivity (Wildman–Crippen MR) is 85.5 cm³/mol. The van der Waals surface area contributed by atoms with Crippen molar-refractivity contribution >= 4 is 0 Å². The molecule has 1 saturated carbocycles. The molecule has 0 heterocycles. The third-order valence-electron chi connectivity index (χ3n) is 4.97. The summed E-state index contributed by atoms with van der Waals surface area (Å²) in [7, 11) is 5.68. The zero-order valence-electron chi connectivity index (χ0n) is 13.5. The Labute approximate surface area is 128 Å². The van der Waals surface area contributed by atoms with Crippen LogP contribution in [0.2, 0.25) is 0 Å². The third-order valence-corrected chi connectivity index (χ3v) is 4.97. The first kappa shape index (κ1) is 16.3. The van der Waals surface area contributed by atoms with Gasteiger partial charge in [0.1, 0.15) is 5.75 Å². The molecule has 0 aliphatic heterocycles. The quantitative estimate of drug-likeness (QED) is 0.875. The van der Waals surface area contributed by atoms with Crippen LogP contribution in [-0.2, 0) is 11.3 Å². The molecule has 0 aromatic heterocycles. The first-order valence-electron chi connectivity index (χ1n) is 7.70. The fourth-order valence-electron chi connectivity index (χ4n) is 3.28. The second kappa shape index (κ2) is 7.25. The minimum Gasteiger partial charge on any atom is -0.497 e. The topological polar surface area (TPSA) is 47.7 Å². The van der Waals surface area contributed by atoms with Crippen molar-refractivity contribution in [1.29, 1.82) is 0 Å². The van der Waals surface area contributed by atoms with Gasteiger partial charge in [0.05, 0.1) is 13.2 Å². The van der Waals surface area contributed by atoms with Gasteiger partial charge >= 0.3 is 0 Å². The Morgan fingerprint density at radius 3 is 2.29 bits per heavy atom. The smallest absolute Gasteiger partial charge is 0.118 e. The molecule has 1 aromatic rings. The third kappa shape index (κ3) is 3.76. The maximum absolute atomic E-state index is 6.12. The average Bonchev–Trinajstić information content (AvgIpc) is 2.55. The van der Waals surface area contributed by atoms with Crippen LogP contribution in [0.4, 0.5) is 0 Å². The summed E-state index contributed by atoms with van der Waals surface area (Å²) in [5, 5.41) is 0. The summed E-state index contributed by atoms with van der Waals surface area (Å²) in [5.74, 6) is 0.899. The van der Waals surface area contributed by atoms with Gasteiger partial charge in [-0.05, 0) is 50.4 Å². The number of hydrogen-bond donors (Lipinski definition) is 1. The Kier molecular flexibility index (Phi) is 5.62. The number of nitrogens with two attached hydrogens (primary N) is 1. The second-order valence-corrected chi connectivity index (χ2v) is 6.07. The zero-order chi connectivity index (χ0) is 15.3. The second-order valence-electron chi connectivity index (χ2n) is 6.07. The lowest BCUT2D eigenvalue weighted by Crippen LogP contribution is -2.54. The molecule has 0 radical (unpaired) electrons. The van der Waals surface area contributed by atoms with E-state index in [4.69, 9.17) is 15.2 Å². The van der Waals surface area contributed by atoms with Gasteiger partial charge in [0, 0.05) is 25.7 Å². The molecule has 0 bridgehead atoms. The molecular formula is C17H28N2O2. The molecule has 1 fully saturated rings. The van der Waals surface area contributed by atoms with Gasteiger partial charge < -0.3 is 15.2 Å². The number of ether oxygens (including phenoxy) is 2. The van der Waals surface area contributed by atoms with Crippen molar-refractivity contribution in [1.82, 2.24) is 4.90 Å². The largest absolute Gasteiger partial charge is 0.497 e. The number of hydrogen-bond acceptors (Lipinski definition) is 4. The molecule has 21 heavy (non-hydrogen) atoms. The minimum absolute atomic E-state index is 0.106. The van der Waals surface area contributed by atoms with Gasteiger partial charge in [0.25, 0.3) is 0 Å². The van der Waals surface area contributed by atoms with Crippen LogP contribution in [0.1, 0.15) is 31.2 Å². The highest BCUT2D eigenvalue weighted by molar-refractivity contribution is 5.27. The number of nitrogens with zero attached hydrogens (tertiary/aromatic N) is 1. The van der Waals surface area contributed by atoms with Crippen molar-refractivity contribution in [3.05, 3.63) is 29.8 Å². The van der Waals surface area contributed by atoms with Crippen LogP contribution in [-0.4, -0.2) is 44.4 Å². The number of benzene rings is 1. The van der Waals surface area contributed by atoms with Crippen LogP contribution in [0.25, 0.3) is 0 Å². The maximum atomic E-state index is 6.12. The highest BCUT2D eigenvalue weighted by atomic mass is 16.5. The maximum Gasteiger partial charge on any atom is 0.118 e. The number of methoxy groups -OCH3 is 2. The number of likely N-dealkylation sites (N-methyl/N-ethyl adjacent to an activating group) is 1. The lowest BCUT2D eigenvalue weighted by Gasteiger charge is -2.45. The van der Waals surface area contributed by atoms with Gasteiger partial charge in [-0.3, -0.25) is 4.90 Å². The van der Waals surface area contributed by atoms with E-state index in [1.54, 1.807) is 14.2 Å². The van der Waals surface area contributed by atoms with Crippen molar-refractivity contribution in [3.63, 3.8) is 0 Å². The van der Waals surface area contributed by atoms with E-state index in [0.29, 0.717) is 12.6 Å². The molecule has 0 unspecified atom stereocenters. The van der Waals surface area contributed by atoms with Crippen molar-refractivity contribution in [2.24, 2.45) is 5.73 Å². The molecule has 2 N–H and O–H groups in total. The Morgan fingerprint density at radius 2 is 1.81 bits per heavy atom. The lowest BCUT2D eigenvalue weighted by molar-refractivity contribution is 0.000499. The summed E-state index contributed by atoms with van der Waals surface area (Å²) in [5.41, 5.74) is 7.52. The fourth-order valence-corrected chi connectivity index (χ4v) is 3.28. The van der Waals surface area contributed by atoms with Crippen LogP contribution < -0.4 is 10.5 Å². The molecule has 118 valence electrons. The predicted octanol–water partition coefficient (Wildman–Crippen LogP) is 2.41. The Hall–Kier alpha value is -1.10. The van der Waals surface area contributed by atoms with Crippen LogP contribution in [0.15, 0.2) is 24.3 Å². The standard InChI is InChI=1S/C17H28N2O2/c1-19(12-14-4-6-15(20-2)7-5-14)17(13-18)10-8-16(21-3)9-11-17/h4-7,16H,8-13,18H2,1-3H3. The Bertz CT molecular complexity index is 425. The number of rotatable bonds is 6.